The van der Waals surface area contributed by atoms with Crippen LogP contribution in [-0.2, 0) is 10.0 Å². The molecule has 0 unspecified atom stereocenters. The van der Waals surface area contributed by atoms with Crippen LogP contribution in [0.4, 0.5) is 11.4 Å². The summed E-state index contributed by atoms with van der Waals surface area (Å²) in [7, 11) is -0.821. The van der Waals surface area contributed by atoms with Gasteiger partial charge in [-0.1, -0.05) is 6.07 Å². The monoisotopic (exact) mass is 391 g/mol. The van der Waals surface area contributed by atoms with Gasteiger partial charge in [-0.2, -0.15) is 0 Å². The van der Waals surface area contributed by atoms with E-state index in [0.717, 1.165) is 4.31 Å². The summed E-state index contributed by atoms with van der Waals surface area (Å²) in [5.74, 6) is -0.543. The topological polar surface area (TPSA) is 110 Å². The number of carbonyl (C=O) groups excluding carboxylic acids is 1. The van der Waals surface area contributed by atoms with Crippen molar-refractivity contribution in [1.29, 1.82) is 0 Å². The number of rotatable bonds is 5. The van der Waals surface area contributed by atoms with Crippen LogP contribution in [0.25, 0.3) is 0 Å². The number of aryl methyl sites for hydroxylation is 1. The summed E-state index contributed by atoms with van der Waals surface area (Å²) >= 11 is 0. The number of nitrogens with zero attached hydrogens (tertiary/aromatic N) is 2. The fourth-order valence-electron chi connectivity index (χ4n) is 2.57. The Balaban J connectivity index is 2.49. The summed E-state index contributed by atoms with van der Waals surface area (Å²) < 4.78 is 25.9. The smallest absolute Gasteiger partial charge is 0.273 e. The summed E-state index contributed by atoms with van der Waals surface area (Å²) in [5, 5.41) is 13.8. The lowest BCUT2D eigenvalue weighted by atomic mass is 10.0. The van der Waals surface area contributed by atoms with E-state index in [2.05, 4.69) is 5.32 Å². The van der Waals surface area contributed by atoms with Gasteiger partial charge in [-0.25, -0.2) is 12.7 Å². The van der Waals surface area contributed by atoms with Crippen LogP contribution in [0.1, 0.15) is 27.0 Å². The molecule has 2 rings (SSSR count). The third-order valence-corrected chi connectivity index (χ3v) is 6.21. The number of nitro benzene ring substituents is 1. The first-order valence-corrected chi connectivity index (χ1v) is 9.50. The molecule has 144 valence electrons. The molecule has 0 fully saturated rings. The van der Waals surface area contributed by atoms with Gasteiger partial charge >= 0.3 is 0 Å². The average molecular weight is 391 g/mol. The van der Waals surface area contributed by atoms with E-state index in [1.807, 2.05) is 0 Å². The molecule has 0 bridgehead atoms. The van der Waals surface area contributed by atoms with Gasteiger partial charge in [-0.3, -0.25) is 14.9 Å². The van der Waals surface area contributed by atoms with Crippen molar-refractivity contribution in [1.82, 2.24) is 4.31 Å². The van der Waals surface area contributed by atoms with Crippen LogP contribution in [0.5, 0.6) is 0 Å². The molecule has 8 nitrogen and oxygen atoms in total. The summed E-state index contributed by atoms with van der Waals surface area (Å²) in [6, 6.07) is 7.18. The van der Waals surface area contributed by atoms with Crippen molar-refractivity contribution in [3.63, 3.8) is 0 Å². The standard InChI is InChI=1S/C18H21N3O5S/c1-11-9-14(27(25,26)20(4)5)10-16(12(11)2)19-18(22)15-7-6-8-17(13(15)3)21(23)24/h6-10H,1-5H3,(H,19,22). The van der Waals surface area contributed by atoms with Crippen LogP contribution in [0.2, 0.25) is 0 Å². The molecule has 0 aliphatic rings. The van der Waals surface area contributed by atoms with Crippen molar-refractivity contribution in [2.75, 3.05) is 19.4 Å². The Morgan fingerprint density at radius 2 is 1.74 bits per heavy atom. The fraction of sp³-hybridized carbons (Fsp3) is 0.278. The number of anilines is 1. The molecule has 0 aliphatic carbocycles. The summed E-state index contributed by atoms with van der Waals surface area (Å²) in [4.78, 5) is 23.3. The minimum Gasteiger partial charge on any atom is -0.322 e. The number of hydrogen-bond donors (Lipinski definition) is 1. The lowest BCUT2D eigenvalue weighted by molar-refractivity contribution is -0.385. The Bertz CT molecular complexity index is 1030. The van der Waals surface area contributed by atoms with Gasteiger partial charge < -0.3 is 5.32 Å². The molecule has 0 radical (unpaired) electrons. The first kappa shape index (κ1) is 20.5. The minimum absolute atomic E-state index is 0.0571. The molecule has 0 heterocycles. The molecule has 1 amide bonds. The third kappa shape index (κ3) is 3.99. The normalized spacial score (nSPS) is 11.5. The van der Waals surface area contributed by atoms with Crippen LogP contribution < -0.4 is 5.32 Å². The zero-order chi connectivity index (χ0) is 20.5. The predicted octanol–water partition coefficient (Wildman–Crippen LogP) is 3.02. The van der Waals surface area contributed by atoms with Gasteiger partial charge in [0.05, 0.1) is 9.82 Å². The highest BCUT2D eigenvalue weighted by atomic mass is 32.2. The second-order valence-corrected chi connectivity index (χ2v) is 8.51. The number of benzene rings is 2. The molecule has 9 heteroatoms. The Morgan fingerprint density at radius 1 is 1.11 bits per heavy atom. The molecule has 0 saturated carbocycles. The summed E-state index contributed by atoms with van der Waals surface area (Å²) in [6.45, 7) is 5.01. The Morgan fingerprint density at radius 3 is 2.30 bits per heavy atom. The van der Waals surface area contributed by atoms with E-state index in [9.17, 15) is 23.3 Å². The molecular weight excluding hydrogens is 370 g/mol. The van der Waals surface area contributed by atoms with E-state index < -0.39 is 20.9 Å². The molecule has 0 atom stereocenters. The third-order valence-electron chi connectivity index (χ3n) is 4.41. The fourth-order valence-corrected chi connectivity index (χ4v) is 3.59. The zero-order valence-electron chi connectivity index (χ0n) is 15.7. The van der Waals surface area contributed by atoms with Gasteiger partial charge in [0.15, 0.2) is 0 Å². The SMILES string of the molecule is Cc1cc(S(=O)(=O)N(C)C)cc(NC(=O)c2cccc([N+](=O)[O-])c2C)c1C. The highest BCUT2D eigenvalue weighted by Crippen LogP contribution is 2.27. The Hall–Kier alpha value is -2.78. The van der Waals surface area contributed by atoms with Crippen LogP contribution in [0.15, 0.2) is 35.2 Å². The number of hydrogen-bond acceptors (Lipinski definition) is 5. The first-order valence-electron chi connectivity index (χ1n) is 8.06. The van der Waals surface area contributed by atoms with Gasteiger partial charge in [-0.05, 0) is 50.1 Å². The molecule has 0 aliphatic heterocycles. The lowest BCUT2D eigenvalue weighted by Gasteiger charge is -2.16. The van der Waals surface area contributed by atoms with Gasteiger partial charge in [0.25, 0.3) is 11.6 Å². The van der Waals surface area contributed by atoms with E-state index >= 15 is 0 Å². The lowest BCUT2D eigenvalue weighted by Crippen LogP contribution is -2.23. The van der Waals surface area contributed by atoms with Crippen molar-refractivity contribution in [3.05, 3.63) is 62.7 Å². The van der Waals surface area contributed by atoms with Crippen molar-refractivity contribution < 1.29 is 18.1 Å². The number of nitro groups is 1. The van der Waals surface area contributed by atoms with Crippen molar-refractivity contribution in [3.8, 4) is 0 Å². The van der Waals surface area contributed by atoms with E-state index in [-0.39, 0.29) is 21.7 Å². The number of sulfonamides is 1. The van der Waals surface area contributed by atoms with Gasteiger partial charge in [0.1, 0.15) is 0 Å². The molecule has 0 spiro atoms. The van der Waals surface area contributed by atoms with Crippen LogP contribution >= 0.6 is 0 Å². The van der Waals surface area contributed by atoms with Gasteiger partial charge in [0, 0.05) is 37.0 Å². The van der Waals surface area contributed by atoms with Gasteiger partial charge in [0.2, 0.25) is 10.0 Å². The minimum atomic E-state index is -3.67. The van der Waals surface area contributed by atoms with E-state index in [1.54, 1.807) is 19.9 Å². The number of amides is 1. The molecule has 0 aromatic heterocycles. The largest absolute Gasteiger partial charge is 0.322 e. The Kier molecular flexibility index (Phi) is 5.67. The van der Waals surface area contributed by atoms with Crippen molar-refractivity contribution in [2.45, 2.75) is 25.7 Å². The van der Waals surface area contributed by atoms with Gasteiger partial charge in [-0.15, -0.1) is 0 Å². The summed E-state index contributed by atoms with van der Waals surface area (Å²) in [5.41, 5.74) is 1.99. The molecule has 2 aromatic rings. The second kappa shape index (κ2) is 7.45. The molecular formula is C18H21N3O5S. The second-order valence-electron chi connectivity index (χ2n) is 6.36. The Labute approximate surface area is 158 Å². The number of nitrogens with one attached hydrogen (secondary N) is 1. The first-order chi connectivity index (χ1) is 12.5. The molecule has 27 heavy (non-hydrogen) atoms. The average Bonchev–Trinajstić information content (AvgIpc) is 2.58. The van der Waals surface area contributed by atoms with Crippen LogP contribution in [0.3, 0.4) is 0 Å². The predicted molar refractivity (Wildman–Crippen MR) is 103 cm³/mol. The highest BCUT2D eigenvalue weighted by Gasteiger charge is 2.22. The summed E-state index contributed by atoms with van der Waals surface area (Å²) in [6.07, 6.45) is 0. The van der Waals surface area contributed by atoms with E-state index in [1.165, 1.54) is 45.3 Å². The molecule has 1 N–H and O–H groups in total. The van der Waals surface area contributed by atoms with Crippen molar-refractivity contribution in [2.24, 2.45) is 0 Å². The zero-order valence-corrected chi connectivity index (χ0v) is 16.5. The van der Waals surface area contributed by atoms with Crippen LogP contribution in [-0.4, -0.2) is 37.6 Å². The molecule has 2 aromatic carbocycles. The number of carbonyl (C=O) groups is 1. The van der Waals surface area contributed by atoms with Crippen LogP contribution in [0, 0.1) is 30.9 Å². The van der Waals surface area contributed by atoms with Crippen molar-refractivity contribution >= 4 is 27.3 Å². The van der Waals surface area contributed by atoms with E-state index in [4.69, 9.17) is 0 Å². The maximum atomic E-state index is 12.7. The highest BCUT2D eigenvalue weighted by molar-refractivity contribution is 7.89. The maximum Gasteiger partial charge on any atom is 0.273 e. The molecule has 0 saturated heterocycles. The maximum absolute atomic E-state index is 12.7. The quantitative estimate of drug-likeness (QED) is 0.622. The van der Waals surface area contributed by atoms with E-state index in [0.29, 0.717) is 16.8 Å².